The number of aromatic nitrogens is 3. The van der Waals surface area contributed by atoms with Crippen LogP contribution >= 0.6 is 0 Å². The first-order valence-electron chi connectivity index (χ1n) is 13.2. The number of likely N-dealkylation sites (tertiary alicyclic amines) is 1. The number of hydrogen-bond acceptors (Lipinski definition) is 3. The van der Waals surface area contributed by atoms with Crippen LogP contribution in [0.4, 0.5) is 0 Å². The lowest BCUT2D eigenvalue weighted by Gasteiger charge is -2.35. The van der Waals surface area contributed by atoms with Crippen LogP contribution in [0.1, 0.15) is 59.6 Å². The highest BCUT2D eigenvalue weighted by Crippen LogP contribution is 2.44. The van der Waals surface area contributed by atoms with Crippen LogP contribution in [-0.4, -0.2) is 61.7 Å². The summed E-state index contributed by atoms with van der Waals surface area (Å²) in [5, 5.41) is 2.25. The lowest BCUT2D eigenvalue weighted by Crippen LogP contribution is -2.45. The smallest absolute Gasteiger partial charge is 0.270 e. The molecule has 0 saturated carbocycles. The van der Waals surface area contributed by atoms with Crippen LogP contribution in [0, 0.1) is 12.8 Å². The number of piperidine rings is 1. The Kier molecular flexibility index (Phi) is 4.94. The summed E-state index contributed by atoms with van der Waals surface area (Å²) >= 11 is 0. The molecule has 3 atom stereocenters. The van der Waals surface area contributed by atoms with Gasteiger partial charge in [0.2, 0.25) is 5.91 Å². The first-order chi connectivity index (χ1) is 17.6. The number of nitrogens with zero attached hydrogens (tertiary/aromatic N) is 3. The number of H-pyrrole nitrogens is 2. The van der Waals surface area contributed by atoms with Crippen LogP contribution < -0.4 is 0 Å². The molecule has 0 spiro atoms. The number of carbonyl (C=O) groups is 2. The van der Waals surface area contributed by atoms with E-state index in [1.807, 2.05) is 17.0 Å². The summed E-state index contributed by atoms with van der Waals surface area (Å²) in [5.41, 5.74) is 5.35. The molecule has 7 nitrogen and oxygen atoms in total. The highest BCUT2D eigenvalue weighted by Gasteiger charge is 2.52. The van der Waals surface area contributed by atoms with Crippen LogP contribution in [0.3, 0.4) is 0 Å². The van der Waals surface area contributed by atoms with Gasteiger partial charge in [0.05, 0.1) is 5.92 Å². The van der Waals surface area contributed by atoms with Gasteiger partial charge in [0.1, 0.15) is 5.69 Å². The third kappa shape index (κ3) is 3.36. The van der Waals surface area contributed by atoms with Crippen molar-refractivity contribution in [2.24, 2.45) is 5.92 Å². The average molecular weight is 482 g/mol. The standard InChI is InChI=1S/C29H31N5O2/c1-17-2-4-25-21(12-17)23(16-31-25)18-7-10-33(11-8-18)28(35)22-14-20-3-5-27(22)34(20)29(36)26-13-19-15-30-9-6-24(19)32-26/h2,4,6,9,12-13,15-16,18,20,22,27,31-32H,3,5,7-8,10-11,14H2,1H3. The number of aryl methyl sites for hydroxylation is 1. The fourth-order valence-electron chi connectivity index (χ4n) is 7.04. The fraction of sp³-hybridized carbons (Fsp3) is 0.414. The van der Waals surface area contributed by atoms with Crippen molar-refractivity contribution >= 4 is 33.6 Å². The molecule has 2 bridgehead atoms. The lowest BCUT2D eigenvalue weighted by molar-refractivity contribution is -0.137. The molecule has 3 aromatic heterocycles. The largest absolute Gasteiger partial charge is 0.361 e. The van der Waals surface area contributed by atoms with Gasteiger partial charge in [-0.3, -0.25) is 14.6 Å². The van der Waals surface area contributed by atoms with Crippen molar-refractivity contribution in [2.45, 2.75) is 57.0 Å². The van der Waals surface area contributed by atoms with Crippen LogP contribution in [0.15, 0.2) is 48.9 Å². The number of carbonyl (C=O) groups excluding carboxylic acids is 2. The monoisotopic (exact) mass is 481 g/mol. The van der Waals surface area contributed by atoms with Crippen molar-refractivity contribution in [1.82, 2.24) is 24.8 Å². The zero-order valence-electron chi connectivity index (χ0n) is 20.5. The molecule has 36 heavy (non-hydrogen) atoms. The Morgan fingerprint density at radius 1 is 1.03 bits per heavy atom. The van der Waals surface area contributed by atoms with Gasteiger partial charge in [-0.25, -0.2) is 0 Å². The van der Waals surface area contributed by atoms with E-state index in [0.29, 0.717) is 11.6 Å². The third-order valence-corrected chi connectivity index (χ3v) is 8.86. The van der Waals surface area contributed by atoms with E-state index in [0.717, 1.165) is 56.1 Å². The second-order valence-corrected chi connectivity index (χ2v) is 10.9. The van der Waals surface area contributed by atoms with Crippen LogP contribution in [0.25, 0.3) is 21.8 Å². The van der Waals surface area contributed by atoms with E-state index in [2.05, 4.69) is 51.2 Å². The van der Waals surface area contributed by atoms with E-state index >= 15 is 0 Å². The van der Waals surface area contributed by atoms with Crippen molar-refractivity contribution in [1.29, 1.82) is 0 Å². The number of fused-ring (bicyclic) bond motifs is 4. The maximum Gasteiger partial charge on any atom is 0.270 e. The van der Waals surface area contributed by atoms with E-state index in [1.54, 1.807) is 12.4 Å². The lowest BCUT2D eigenvalue weighted by atomic mass is 9.85. The Hall–Kier alpha value is -3.61. The molecular formula is C29H31N5O2. The van der Waals surface area contributed by atoms with Crippen molar-refractivity contribution in [3.63, 3.8) is 0 Å². The first kappa shape index (κ1) is 21.7. The molecule has 3 unspecified atom stereocenters. The van der Waals surface area contributed by atoms with Gasteiger partial charge in [0.25, 0.3) is 5.91 Å². The number of benzene rings is 1. The molecule has 7 rings (SSSR count). The third-order valence-electron chi connectivity index (χ3n) is 8.86. The number of hydrogen-bond donors (Lipinski definition) is 2. The number of rotatable bonds is 3. The summed E-state index contributed by atoms with van der Waals surface area (Å²) in [6.45, 7) is 3.72. The molecule has 0 aliphatic carbocycles. The van der Waals surface area contributed by atoms with E-state index in [4.69, 9.17) is 0 Å². The second kappa shape index (κ2) is 8.22. The second-order valence-electron chi connectivity index (χ2n) is 10.9. The van der Waals surface area contributed by atoms with Gasteiger partial charge in [-0.2, -0.15) is 0 Å². The van der Waals surface area contributed by atoms with E-state index < -0.39 is 0 Å². The quantitative estimate of drug-likeness (QED) is 0.443. The predicted octanol–water partition coefficient (Wildman–Crippen LogP) is 4.75. The van der Waals surface area contributed by atoms with Crippen LogP contribution in [-0.2, 0) is 4.79 Å². The Bertz CT molecular complexity index is 1440. The normalized spacial score (nSPS) is 24.3. The van der Waals surface area contributed by atoms with E-state index in [1.165, 1.54) is 22.0 Å². The van der Waals surface area contributed by atoms with Gasteiger partial charge in [-0.15, -0.1) is 0 Å². The SMILES string of the molecule is Cc1ccc2[nH]cc(C3CCN(C(=O)C4CC5CCC4N5C(=O)c4cc5cnccc5[nH]4)CC3)c2c1. The molecule has 2 N–H and O–H groups in total. The number of pyridine rings is 1. The molecule has 2 amide bonds. The zero-order chi connectivity index (χ0) is 24.4. The van der Waals surface area contributed by atoms with Gasteiger partial charge in [0, 0.05) is 65.6 Å². The molecule has 6 heterocycles. The Morgan fingerprint density at radius 2 is 1.89 bits per heavy atom. The molecule has 7 heteroatoms. The zero-order valence-corrected chi connectivity index (χ0v) is 20.5. The highest BCUT2D eigenvalue weighted by atomic mass is 16.2. The fourth-order valence-corrected chi connectivity index (χ4v) is 7.04. The maximum absolute atomic E-state index is 13.7. The Balaban J connectivity index is 1.04. The van der Waals surface area contributed by atoms with E-state index in [9.17, 15) is 9.59 Å². The topological polar surface area (TPSA) is 85.1 Å². The highest BCUT2D eigenvalue weighted by molar-refractivity contribution is 5.99. The van der Waals surface area contributed by atoms with Gasteiger partial charge < -0.3 is 19.8 Å². The van der Waals surface area contributed by atoms with Gasteiger partial charge in [-0.05, 0) is 74.8 Å². The summed E-state index contributed by atoms with van der Waals surface area (Å²) < 4.78 is 0. The molecule has 0 radical (unpaired) electrons. The Labute approximate surface area is 209 Å². The predicted molar refractivity (Wildman–Crippen MR) is 139 cm³/mol. The van der Waals surface area contributed by atoms with Crippen LogP contribution in [0.2, 0.25) is 0 Å². The van der Waals surface area contributed by atoms with Gasteiger partial charge in [-0.1, -0.05) is 11.6 Å². The number of nitrogens with one attached hydrogen (secondary N) is 2. The van der Waals surface area contributed by atoms with Gasteiger partial charge in [0.15, 0.2) is 0 Å². The molecule has 3 aliphatic rings. The molecule has 4 aromatic rings. The average Bonchev–Trinajstić information content (AvgIpc) is 3.69. The molecule has 1 aromatic carbocycles. The van der Waals surface area contributed by atoms with Gasteiger partial charge >= 0.3 is 0 Å². The minimum absolute atomic E-state index is 0.00820. The van der Waals surface area contributed by atoms with Crippen molar-refractivity contribution in [3.8, 4) is 0 Å². The molecule has 184 valence electrons. The minimum atomic E-state index is -0.0777. The van der Waals surface area contributed by atoms with Crippen molar-refractivity contribution < 1.29 is 9.59 Å². The summed E-state index contributed by atoms with van der Waals surface area (Å²) in [7, 11) is 0. The van der Waals surface area contributed by atoms with E-state index in [-0.39, 0.29) is 29.8 Å². The number of aromatic amines is 2. The Morgan fingerprint density at radius 3 is 2.72 bits per heavy atom. The molecular weight excluding hydrogens is 450 g/mol. The summed E-state index contributed by atoms with van der Waals surface area (Å²) in [6, 6.07) is 10.5. The van der Waals surface area contributed by atoms with Crippen molar-refractivity contribution in [2.75, 3.05) is 13.1 Å². The summed E-state index contributed by atoms with van der Waals surface area (Å²) in [4.78, 5) is 42.0. The molecule has 3 saturated heterocycles. The first-order valence-corrected chi connectivity index (χ1v) is 13.2. The summed E-state index contributed by atoms with van der Waals surface area (Å²) in [6.07, 6.45) is 10.3. The minimum Gasteiger partial charge on any atom is -0.361 e. The summed E-state index contributed by atoms with van der Waals surface area (Å²) in [5.74, 6) is 0.654. The maximum atomic E-state index is 13.7. The van der Waals surface area contributed by atoms with Crippen molar-refractivity contribution in [3.05, 3.63) is 65.7 Å². The van der Waals surface area contributed by atoms with Crippen LogP contribution in [0.5, 0.6) is 0 Å². The molecule has 3 aliphatic heterocycles. The number of amides is 2. The molecule has 3 fully saturated rings.